The molecule has 0 saturated heterocycles. The number of hydrogen-bond acceptors (Lipinski definition) is 6. The molecule has 0 aromatic rings. The molecule has 0 heterocycles. The van der Waals surface area contributed by atoms with Crippen molar-refractivity contribution in [2.75, 3.05) is 40.9 Å². The maximum atomic E-state index is 13.5. The number of hydrogen-bond donors (Lipinski definition) is 2. The molecule has 0 radical (unpaired) electrons. The fourth-order valence-electron chi connectivity index (χ4n) is 7.78. The number of carbonyl (C=O) groups excluding carboxylic acids is 2. The topological polar surface area (TPSA) is 111 Å². The lowest BCUT2D eigenvalue weighted by Gasteiger charge is -2.27. The number of phosphoric acid groups is 1. The average Bonchev–Trinajstić information content (AvgIpc) is 3.37. The summed E-state index contributed by atoms with van der Waals surface area (Å²) in [4.78, 5) is 37.6. The van der Waals surface area contributed by atoms with Gasteiger partial charge in [0.1, 0.15) is 19.3 Å². The van der Waals surface area contributed by atoms with E-state index in [1.54, 1.807) is 0 Å². The van der Waals surface area contributed by atoms with E-state index in [0.717, 1.165) is 109 Å². The van der Waals surface area contributed by atoms with Crippen molar-refractivity contribution in [2.24, 2.45) is 0 Å². The lowest BCUT2D eigenvalue weighted by atomic mass is 10.1. The highest BCUT2D eigenvalue weighted by Crippen LogP contribution is 2.43. The molecule has 428 valence electrons. The third kappa shape index (κ3) is 55.0. The SMILES string of the molecule is CC/C=C\C/C=C\C/C=C\C/C=C\C/C=C\CCCC(=O)OC(/C=C\CCCCCCCCCCC)C(COP(=O)(O)OCC[N+](C)(C)C)NC(=O)CCCCCCC/C=C\C/C=C\C/C=C\C/C=C\CCCCC. The largest absolute Gasteiger partial charge is 0.472 e. The second kappa shape index (κ2) is 53.8. The number of quaternary nitrogens is 1. The maximum absolute atomic E-state index is 13.5. The fourth-order valence-corrected chi connectivity index (χ4v) is 8.52. The van der Waals surface area contributed by atoms with E-state index in [4.69, 9.17) is 13.8 Å². The molecule has 0 aromatic heterocycles. The summed E-state index contributed by atoms with van der Waals surface area (Å²) in [6.45, 7) is 6.79. The van der Waals surface area contributed by atoms with Crippen molar-refractivity contribution in [3.05, 3.63) is 122 Å². The molecule has 0 saturated carbocycles. The van der Waals surface area contributed by atoms with Gasteiger partial charge in [-0.25, -0.2) is 4.57 Å². The zero-order valence-corrected chi connectivity index (χ0v) is 49.6. The van der Waals surface area contributed by atoms with Crippen molar-refractivity contribution in [2.45, 2.75) is 238 Å². The van der Waals surface area contributed by atoms with Crippen molar-refractivity contribution in [3.63, 3.8) is 0 Å². The van der Waals surface area contributed by atoms with Crippen LogP contribution in [0.4, 0.5) is 0 Å². The normalized spacial score (nSPS) is 14.6. The summed E-state index contributed by atoms with van der Waals surface area (Å²) in [5.74, 6) is -0.605. The van der Waals surface area contributed by atoms with Gasteiger partial charge in [0.15, 0.2) is 0 Å². The number of amides is 1. The quantitative estimate of drug-likeness (QED) is 0.0205. The highest BCUT2D eigenvalue weighted by atomic mass is 31.2. The Hall–Kier alpha value is -3.59. The summed E-state index contributed by atoms with van der Waals surface area (Å²) in [7, 11) is 1.43. The molecule has 0 rings (SSSR count). The van der Waals surface area contributed by atoms with Gasteiger partial charge >= 0.3 is 13.8 Å². The molecule has 0 aliphatic carbocycles. The van der Waals surface area contributed by atoms with Crippen LogP contribution in [-0.4, -0.2) is 74.3 Å². The minimum Gasteiger partial charge on any atom is -0.456 e. The van der Waals surface area contributed by atoms with Crippen LogP contribution < -0.4 is 5.32 Å². The monoisotopic (exact) mass is 1060 g/mol. The van der Waals surface area contributed by atoms with Gasteiger partial charge in [-0.1, -0.05) is 220 Å². The van der Waals surface area contributed by atoms with Crippen LogP contribution in [-0.2, 0) is 27.9 Å². The van der Waals surface area contributed by atoms with E-state index in [0.29, 0.717) is 30.3 Å². The number of esters is 1. The zero-order chi connectivity index (χ0) is 55.0. The molecule has 0 spiro atoms. The van der Waals surface area contributed by atoms with Gasteiger partial charge in [0.2, 0.25) is 5.91 Å². The van der Waals surface area contributed by atoms with Gasteiger partial charge in [-0.3, -0.25) is 18.6 Å². The van der Waals surface area contributed by atoms with E-state index < -0.39 is 25.9 Å². The molecule has 0 bridgehead atoms. The van der Waals surface area contributed by atoms with Gasteiger partial charge in [0, 0.05) is 12.8 Å². The number of allylic oxidation sites excluding steroid dienone is 19. The molecule has 1 amide bonds. The molecular weight excluding hydrogens is 952 g/mol. The molecule has 10 heteroatoms. The Morgan fingerprint density at radius 1 is 0.480 bits per heavy atom. The summed E-state index contributed by atoms with van der Waals surface area (Å²) in [6, 6.07) is -0.889. The van der Waals surface area contributed by atoms with E-state index in [2.05, 4.69) is 135 Å². The van der Waals surface area contributed by atoms with Crippen LogP contribution in [0.3, 0.4) is 0 Å². The Bertz CT molecular complexity index is 1700. The smallest absolute Gasteiger partial charge is 0.456 e. The van der Waals surface area contributed by atoms with E-state index in [1.807, 2.05) is 33.3 Å². The number of nitrogens with zero attached hydrogens (tertiary/aromatic N) is 1. The Kier molecular flexibility index (Phi) is 51.2. The molecule has 0 aliphatic heterocycles. The van der Waals surface area contributed by atoms with Crippen LogP contribution in [0.25, 0.3) is 0 Å². The van der Waals surface area contributed by atoms with Crippen LogP contribution in [0, 0.1) is 0 Å². The minimum atomic E-state index is -4.47. The number of nitrogens with one attached hydrogen (secondary N) is 1. The number of phosphoric ester groups is 1. The average molecular weight is 1060 g/mol. The van der Waals surface area contributed by atoms with Crippen LogP contribution in [0.15, 0.2) is 122 Å². The first-order chi connectivity index (χ1) is 36.4. The number of likely N-dealkylation sites (N-methyl/N-ethyl adjacent to an activating group) is 1. The highest BCUT2D eigenvalue weighted by molar-refractivity contribution is 7.47. The molecule has 0 fully saturated rings. The molecule has 3 atom stereocenters. The summed E-state index contributed by atoms with van der Waals surface area (Å²) < 4.78 is 30.6. The van der Waals surface area contributed by atoms with Gasteiger partial charge in [-0.15, -0.1) is 0 Å². The first-order valence-electron chi connectivity index (χ1n) is 29.9. The number of rotatable bonds is 52. The van der Waals surface area contributed by atoms with Crippen LogP contribution in [0.2, 0.25) is 0 Å². The van der Waals surface area contributed by atoms with Gasteiger partial charge < -0.3 is 19.4 Å². The van der Waals surface area contributed by atoms with Gasteiger partial charge in [0.05, 0.1) is 33.8 Å². The summed E-state index contributed by atoms with van der Waals surface area (Å²) >= 11 is 0. The Morgan fingerprint density at radius 3 is 1.33 bits per heavy atom. The Labute approximate surface area is 461 Å². The predicted octanol–water partition coefficient (Wildman–Crippen LogP) is 18.3. The molecular formula is C65H112N2O7P+. The van der Waals surface area contributed by atoms with Crippen molar-refractivity contribution in [3.8, 4) is 0 Å². The molecule has 0 aliphatic rings. The second-order valence-corrected chi connectivity index (χ2v) is 22.2. The highest BCUT2D eigenvalue weighted by Gasteiger charge is 2.30. The number of carbonyl (C=O) groups is 2. The fraction of sp³-hybridized carbons (Fsp3) is 0.662. The van der Waals surface area contributed by atoms with Crippen LogP contribution >= 0.6 is 7.82 Å². The second-order valence-electron chi connectivity index (χ2n) is 20.8. The molecule has 75 heavy (non-hydrogen) atoms. The first kappa shape index (κ1) is 71.4. The number of unbranched alkanes of at least 4 members (excludes halogenated alkanes) is 18. The lowest BCUT2D eigenvalue weighted by Crippen LogP contribution is -2.47. The van der Waals surface area contributed by atoms with Crippen molar-refractivity contribution in [1.29, 1.82) is 0 Å². The standard InChI is InChI=1S/C65H111N2O7P/c1-7-10-13-16-19-22-25-27-29-31-32-33-34-36-37-39-42-45-48-51-54-57-64(68)66-62(61-73-75(70,71)72-60-59-67(4,5)6)63(56-53-50-47-44-41-24-21-18-15-12-9-3)74-65(69)58-55-52-49-46-43-40-38-35-30-28-26-23-20-17-14-11-8-2/h11,14,19-20,22-23,27-30,32-33,36-38,40,46,49,53,56,62-63H,7-10,12-13,15-18,21,24-26,31,34-35,39,41-45,47-48,50-52,54-55,57-61H2,1-6H3,(H-,66,68,70,71)/p+1/b14-11-,22-19-,23-20-,29-27-,30-28-,33-32-,37-36-,40-38-,49-46-,56-53-. The van der Waals surface area contributed by atoms with Gasteiger partial charge in [0.25, 0.3) is 0 Å². The summed E-state index contributed by atoms with van der Waals surface area (Å²) in [6.07, 6.45) is 74.9. The van der Waals surface area contributed by atoms with Crippen molar-refractivity contribution in [1.82, 2.24) is 5.32 Å². The minimum absolute atomic E-state index is 0.0206. The molecule has 3 unspecified atom stereocenters. The molecule has 0 aromatic carbocycles. The van der Waals surface area contributed by atoms with E-state index in [-0.39, 0.29) is 25.5 Å². The van der Waals surface area contributed by atoms with Crippen LogP contribution in [0.1, 0.15) is 226 Å². The Balaban J connectivity index is 5.39. The lowest BCUT2D eigenvalue weighted by molar-refractivity contribution is -0.870. The van der Waals surface area contributed by atoms with Gasteiger partial charge in [-0.2, -0.15) is 0 Å². The van der Waals surface area contributed by atoms with Gasteiger partial charge in [-0.05, 0) is 115 Å². The zero-order valence-electron chi connectivity index (χ0n) is 48.7. The van der Waals surface area contributed by atoms with Crippen molar-refractivity contribution < 1.29 is 37.3 Å². The van der Waals surface area contributed by atoms with Crippen LogP contribution in [0.5, 0.6) is 0 Å². The third-order valence-corrected chi connectivity index (χ3v) is 13.4. The molecule has 2 N–H and O–H groups in total. The summed E-state index contributed by atoms with van der Waals surface area (Å²) in [5.41, 5.74) is 0. The van der Waals surface area contributed by atoms with E-state index in [9.17, 15) is 19.0 Å². The number of ether oxygens (including phenoxy) is 1. The molecule has 9 nitrogen and oxygen atoms in total. The first-order valence-corrected chi connectivity index (χ1v) is 31.4. The maximum Gasteiger partial charge on any atom is 0.472 e. The van der Waals surface area contributed by atoms with E-state index >= 15 is 0 Å². The Morgan fingerprint density at radius 2 is 0.867 bits per heavy atom. The van der Waals surface area contributed by atoms with Crippen molar-refractivity contribution >= 4 is 19.7 Å². The third-order valence-electron chi connectivity index (χ3n) is 12.4. The summed E-state index contributed by atoms with van der Waals surface area (Å²) in [5, 5.41) is 3.02. The van der Waals surface area contributed by atoms with E-state index in [1.165, 1.54) is 70.6 Å². The predicted molar refractivity (Wildman–Crippen MR) is 323 cm³/mol.